The van der Waals surface area contributed by atoms with Crippen molar-refractivity contribution in [3.8, 4) is 6.07 Å². The van der Waals surface area contributed by atoms with Gasteiger partial charge in [0.15, 0.2) is 0 Å². The molecule has 1 aliphatic heterocycles. The minimum atomic E-state index is -0.164. The van der Waals surface area contributed by atoms with Gasteiger partial charge in [-0.05, 0) is 79.1 Å². The molecular formula is C28H29ClN6O2. The molecule has 2 aromatic heterocycles. The van der Waals surface area contributed by atoms with Gasteiger partial charge in [0.2, 0.25) is 5.91 Å². The van der Waals surface area contributed by atoms with Crippen molar-refractivity contribution >= 4 is 29.2 Å². The van der Waals surface area contributed by atoms with Crippen molar-refractivity contribution in [2.45, 2.75) is 51.5 Å². The Bertz CT molecular complexity index is 1420. The Morgan fingerprint density at radius 2 is 2.05 bits per heavy atom. The number of aromatic nitrogens is 3. The molecule has 1 aromatic carbocycles. The SMILES string of the molecule is Cc1cc(N2CCC(C)C2=O)ncc1Cc1cc(C(=O)N[C@H]2C[C@@H](c3cc(Cl)ccc3C#N)C2)n(C)n1. The van der Waals surface area contributed by atoms with Crippen LogP contribution < -0.4 is 10.2 Å². The average molecular weight is 517 g/mol. The van der Waals surface area contributed by atoms with Crippen LogP contribution in [-0.2, 0) is 18.3 Å². The fraction of sp³-hybridized carbons (Fsp3) is 0.393. The quantitative estimate of drug-likeness (QED) is 0.526. The van der Waals surface area contributed by atoms with Crippen LogP contribution in [0.2, 0.25) is 5.02 Å². The maximum atomic E-state index is 13.0. The molecular weight excluding hydrogens is 488 g/mol. The second kappa shape index (κ2) is 9.98. The molecule has 37 heavy (non-hydrogen) atoms. The number of hydrogen-bond donors (Lipinski definition) is 1. The van der Waals surface area contributed by atoms with Crippen LogP contribution in [0, 0.1) is 24.2 Å². The minimum absolute atomic E-state index is 0.0383. The number of amides is 2. The highest BCUT2D eigenvalue weighted by molar-refractivity contribution is 6.30. The molecule has 3 heterocycles. The molecule has 0 bridgehead atoms. The van der Waals surface area contributed by atoms with E-state index >= 15 is 0 Å². The van der Waals surface area contributed by atoms with Crippen molar-refractivity contribution < 1.29 is 9.59 Å². The third-order valence-corrected chi connectivity index (χ3v) is 7.77. The summed E-state index contributed by atoms with van der Waals surface area (Å²) >= 11 is 6.13. The van der Waals surface area contributed by atoms with Gasteiger partial charge in [-0.25, -0.2) is 4.98 Å². The normalized spacial score (nSPS) is 21.0. The summed E-state index contributed by atoms with van der Waals surface area (Å²) < 4.78 is 1.60. The molecule has 2 aliphatic rings. The molecule has 9 heteroatoms. The van der Waals surface area contributed by atoms with Crippen LogP contribution in [0.3, 0.4) is 0 Å². The lowest BCUT2D eigenvalue weighted by atomic mass is 9.74. The fourth-order valence-corrected chi connectivity index (χ4v) is 5.38. The lowest BCUT2D eigenvalue weighted by Crippen LogP contribution is -2.44. The number of halogens is 1. The molecule has 0 radical (unpaired) electrons. The average Bonchev–Trinajstić information content (AvgIpc) is 3.38. The Balaban J connectivity index is 1.21. The monoisotopic (exact) mass is 516 g/mol. The van der Waals surface area contributed by atoms with E-state index in [1.807, 2.05) is 32.0 Å². The van der Waals surface area contributed by atoms with Crippen LogP contribution in [0.4, 0.5) is 5.82 Å². The van der Waals surface area contributed by atoms with Crippen molar-refractivity contribution in [2.75, 3.05) is 11.4 Å². The Labute approximate surface area is 221 Å². The molecule has 8 nitrogen and oxygen atoms in total. The molecule has 1 atom stereocenters. The van der Waals surface area contributed by atoms with E-state index in [0.29, 0.717) is 35.1 Å². The van der Waals surface area contributed by atoms with Crippen LogP contribution in [0.1, 0.15) is 70.5 Å². The minimum Gasteiger partial charge on any atom is -0.348 e. The second-order valence-electron chi connectivity index (χ2n) is 10.2. The summed E-state index contributed by atoms with van der Waals surface area (Å²) in [4.78, 5) is 31.6. The number of benzene rings is 1. The zero-order chi connectivity index (χ0) is 26.3. The first-order valence-electron chi connectivity index (χ1n) is 12.5. The third-order valence-electron chi connectivity index (χ3n) is 7.54. The van der Waals surface area contributed by atoms with E-state index in [1.165, 1.54) is 0 Å². The third kappa shape index (κ3) is 4.96. The Morgan fingerprint density at radius 3 is 2.73 bits per heavy atom. The number of nitriles is 1. The molecule has 190 valence electrons. The second-order valence-corrected chi connectivity index (χ2v) is 10.6. The van der Waals surface area contributed by atoms with Crippen LogP contribution >= 0.6 is 11.6 Å². The molecule has 1 unspecified atom stereocenters. The summed E-state index contributed by atoms with van der Waals surface area (Å²) in [5, 5.41) is 17.6. The number of aryl methyl sites for hydroxylation is 2. The van der Waals surface area contributed by atoms with Crippen LogP contribution in [0.15, 0.2) is 36.5 Å². The van der Waals surface area contributed by atoms with Gasteiger partial charge in [-0.3, -0.25) is 19.2 Å². The van der Waals surface area contributed by atoms with Crippen molar-refractivity contribution in [1.29, 1.82) is 5.26 Å². The number of pyridine rings is 1. The van der Waals surface area contributed by atoms with E-state index in [4.69, 9.17) is 11.6 Å². The Hall–Kier alpha value is -3.70. The summed E-state index contributed by atoms with van der Waals surface area (Å²) in [7, 11) is 1.77. The zero-order valence-electron chi connectivity index (χ0n) is 21.2. The number of anilines is 1. The van der Waals surface area contributed by atoms with Gasteiger partial charge in [-0.1, -0.05) is 18.5 Å². The highest BCUT2D eigenvalue weighted by Crippen LogP contribution is 2.39. The van der Waals surface area contributed by atoms with Gasteiger partial charge >= 0.3 is 0 Å². The van der Waals surface area contributed by atoms with Crippen molar-refractivity contribution in [3.63, 3.8) is 0 Å². The maximum Gasteiger partial charge on any atom is 0.269 e. The Kier molecular flexibility index (Phi) is 6.74. The van der Waals surface area contributed by atoms with E-state index in [9.17, 15) is 14.9 Å². The van der Waals surface area contributed by atoms with Crippen LogP contribution in [0.25, 0.3) is 0 Å². The molecule has 1 saturated heterocycles. The first kappa shape index (κ1) is 25.0. The maximum absolute atomic E-state index is 13.0. The van der Waals surface area contributed by atoms with Gasteiger partial charge in [0.25, 0.3) is 5.91 Å². The molecule has 1 aliphatic carbocycles. The van der Waals surface area contributed by atoms with E-state index in [1.54, 1.807) is 35.0 Å². The number of nitrogens with zero attached hydrogens (tertiary/aromatic N) is 5. The van der Waals surface area contributed by atoms with Crippen molar-refractivity contribution in [3.05, 3.63) is 75.2 Å². The standard InChI is InChI=1S/C28H29ClN6O2/c1-16-6-7-35(28(16)37)26-8-17(2)20(15-31-26)11-23-13-25(34(3)33-23)27(36)32-22-9-19(10-22)24-12-21(29)5-4-18(24)14-30/h4-5,8,12-13,15-16,19,22H,6-7,9-11H2,1-3H3,(H,32,36)/t16?,19-,22+. The fourth-order valence-electron chi connectivity index (χ4n) is 5.19. The summed E-state index contributed by atoms with van der Waals surface area (Å²) in [6, 6.07) is 11.4. The predicted octanol–water partition coefficient (Wildman–Crippen LogP) is 4.29. The predicted molar refractivity (Wildman–Crippen MR) is 141 cm³/mol. The first-order valence-corrected chi connectivity index (χ1v) is 12.9. The molecule has 0 spiro atoms. The molecule has 1 saturated carbocycles. The molecule has 2 fully saturated rings. The van der Waals surface area contributed by atoms with Gasteiger partial charge in [0.05, 0.1) is 17.3 Å². The molecule has 1 N–H and O–H groups in total. The first-order chi connectivity index (χ1) is 17.7. The smallest absolute Gasteiger partial charge is 0.269 e. The number of nitrogens with one attached hydrogen (secondary N) is 1. The molecule has 2 amide bonds. The van der Waals surface area contributed by atoms with Gasteiger partial charge < -0.3 is 5.32 Å². The summed E-state index contributed by atoms with van der Waals surface area (Å²) in [6.45, 7) is 4.65. The summed E-state index contributed by atoms with van der Waals surface area (Å²) in [5.74, 6) is 0.894. The van der Waals surface area contributed by atoms with E-state index in [0.717, 1.165) is 41.6 Å². The topological polar surface area (TPSA) is 104 Å². The Morgan fingerprint density at radius 1 is 1.27 bits per heavy atom. The van der Waals surface area contributed by atoms with Crippen molar-refractivity contribution in [2.24, 2.45) is 13.0 Å². The number of rotatable bonds is 6. The van der Waals surface area contributed by atoms with Gasteiger partial charge in [0, 0.05) is 43.2 Å². The number of carbonyl (C=O) groups excluding carboxylic acids is 2. The molecule has 3 aromatic rings. The summed E-state index contributed by atoms with van der Waals surface area (Å²) in [5.41, 5.74) is 4.90. The highest BCUT2D eigenvalue weighted by Gasteiger charge is 2.34. The van der Waals surface area contributed by atoms with Crippen molar-refractivity contribution in [1.82, 2.24) is 20.1 Å². The van der Waals surface area contributed by atoms with Crippen LogP contribution in [-0.4, -0.2) is 39.2 Å². The summed E-state index contributed by atoms with van der Waals surface area (Å²) in [6.07, 6.45) is 4.72. The lowest BCUT2D eigenvalue weighted by Gasteiger charge is -2.36. The largest absolute Gasteiger partial charge is 0.348 e. The molecule has 5 rings (SSSR count). The zero-order valence-corrected chi connectivity index (χ0v) is 21.9. The van der Waals surface area contributed by atoms with Gasteiger partial charge in [-0.15, -0.1) is 0 Å². The van der Waals surface area contributed by atoms with E-state index in [-0.39, 0.29) is 29.7 Å². The number of carbonyl (C=O) groups is 2. The van der Waals surface area contributed by atoms with Gasteiger partial charge in [0.1, 0.15) is 11.5 Å². The number of hydrogen-bond acceptors (Lipinski definition) is 5. The highest BCUT2D eigenvalue weighted by atomic mass is 35.5. The van der Waals surface area contributed by atoms with Gasteiger partial charge in [-0.2, -0.15) is 10.4 Å². The lowest BCUT2D eigenvalue weighted by molar-refractivity contribution is -0.119. The van der Waals surface area contributed by atoms with E-state index in [2.05, 4.69) is 21.5 Å². The van der Waals surface area contributed by atoms with E-state index < -0.39 is 0 Å². The van der Waals surface area contributed by atoms with Crippen LogP contribution in [0.5, 0.6) is 0 Å².